The minimum atomic E-state index is -0.581. The summed E-state index contributed by atoms with van der Waals surface area (Å²) in [5.41, 5.74) is 7.07. The number of hydrogen-bond donors (Lipinski definition) is 1. The molecule has 84 valence electrons. The number of hydrogen-bond acceptors (Lipinski definition) is 3. The SMILES string of the molecule is Cc1cc(C)c([N+](=O)[O-])cc1C=CC(N)=O. The predicted molar refractivity (Wildman–Crippen MR) is 60.8 cm³/mol. The third kappa shape index (κ3) is 2.66. The monoisotopic (exact) mass is 220 g/mol. The lowest BCUT2D eigenvalue weighted by molar-refractivity contribution is -0.385. The number of nitrogens with zero attached hydrogens (tertiary/aromatic N) is 1. The number of rotatable bonds is 3. The Morgan fingerprint density at radius 3 is 2.50 bits per heavy atom. The lowest BCUT2D eigenvalue weighted by Crippen LogP contribution is -2.05. The number of amides is 1. The topological polar surface area (TPSA) is 86.2 Å². The summed E-state index contributed by atoms with van der Waals surface area (Å²) in [5, 5.41) is 10.7. The first-order valence-corrected chi connectivity index (χ1v) is 4.65. The van der Waals surface area contributed by atoms with Crippen molar-refractivity contribution in [2.24, 2.45) is 5.73 Å². The molecule has 1 rings (SSSR count). The van der Waals surface area contributed by atoms with Gasteiger partial charge in [-0.1, -0.05) is 0 Å². The zero-order valence-electron chi connectivity index (χ0n) is 9.06. The molecule has 5 heteroatoms. The molecule has 0 aliphatic heterocycles. The van der Waals surface area contributed by atoms with Gasteiger partial charge >= 0.3 is 0 Å². The van der Waals surface area contributed by atoms with Crippen LogP contribution in [0.2, 0.25) is 0 Å². The molecule has 2 N–H and O–H groups in total. The fourth-order valence-electron chi connectivity index (χ4n) is 1.41. The Hall–Kier alpha value is -2.17. The summed E-state index contributed by atoms with van der Waals surface area (Å²) in [5.74, 6) is -0.581. The van der Waals surface area contributed by atoms with Crippen LogP contribution in [0.5, 0.6) is 0 Å². The van der Waals surface area contributed by atoms with Crippen LogP contribution in [0.4, 0.5) is 5.69 Å². The summed E-state index contributed by atoms with van der Waals surface area (Å²) in [6, 6.07) is 3.14. The van der Waals surface area contributed by atoms with E-state index in [9.17, 15) is 14.9 Å². The molecule has 16 heavy (non-hydrogen) atoms. The third-order valence-corrected chi connectivity index (χ3v) is 2.21. The standard InChI is InChI=1S/C11H12N2O3/c1-7-5-8(2)10(13(15)16)6-9(7)3-4-11(12)14/h3-6H,1-2H3,(H2,12,14). The average Bonchev–Trinajstić information content (AvgIpc) is 2.15. The minimum Gasteiger partial charge on any atom is -0.366 e. The lowest BCUT2D eigenvalue weighted by Gasteiger charge is -2.03. The summed E-state index contributed by atoms with van der Waals surface area (Å²) in [4.78, 5) is 20.8. The van der Waals surface area contributed by atoms with Gasteiger partial charge in [-0.05, 0) is 37.1 Å². The number of nitro benzene ring substituents is 1. The van der Waals surface area contributed by atoms with Gasteiger partial charge in [0.1, 0.15) is 0 Å². The number of carbonyl (C=O) groups is 1. The summed E-state index contributed by atoms with van der Waals surface area (Å²) in [6.07, 6.45) is 2.66. The van der Waals surface area contributed by atoms with Crippen molar-refractivity contribution in [1.29, 1.82) is 0 Å². The normalized spacial score (nSPS) is 10.6. The first-order chi connectivity index (χ1) is 7.41. The van der Waals surface area contributed by atoms with E-state index in [1.54, 1.807) is 13.0 Å². The van der Waals surface area contributed by atoms with E-state index >= 15 is 0 Å². The molecule has 0 aliphatic carbocycles. The minimum absolute atomic E-state index is 0.0368. The van der Waals surface area contributed by atoms with Crippen molar-refractivity contribution in [3.63, 3.8) is 0 Å². The van der Waals surface area contributed by atoms with Crippen LogP contribution in [-0.4, -0.2) is 10.8 Å². The Bertz CT molecular complexity index is 478. The highest BCUT2D eigenvalue weighted by molar-refractivity contribution is 5.90. The van der Waals surface area contributed by atoms with E-state index in [0.29, 0.717) is 11.1 Å². The van der Waals surface area contributed by atoms with Gasteiger partial charge in [-0.3, -0.25) is 14.9 Å². The molecule has 5 nitrogen and oxygen atoms in total. The highest BCUT2D eigenvalue weighted by Gasteiger charge is 2.12. The molecule has 0 heterocycles. The Kier molecular flexibility index (Phi) is 3.40. The smallest absolute Gasteiger partial charge is 0.272 e. The largest absolute Gasteiger partial charge is 0.366 e. The van der Waals surface area contributed by atoms with Gasteiger partial charge in [0.05, 0.1) is 4.92 Å². The van der Waals surface area contributed by atoms with Gasteiger partial charge in [-0.15, -0.1) is 0 Å². The van der Waals surface area contributed by atoms with Crippen molar-refractivity contribution >= 4 is 17.7 Å². The zero-order valence-corrected chi connectivity index (χ0v) is 9.06. The second kappa shape index (κ2) is 4.57. The first kappa shape index (κ1) is 11.9. The van der Waals surface area contributed by atoms with Crippen molar-refractivity contribution < 1.29 is 9.72 Å². The van der Waals surface area contributed by atoms with Gasteiger partial charge in [-0.2, -0.15) is 0 Å². The Morgan fingerprint density at radius 2 is 2.00 bits per heavy atom. The number of benzene rings is 1. The van der Waals surface area contributed by atoms with Crippen molar-refractivity contribution in [3.05, 3.63) is 45.0 Å². The highest BCUT2D eigenvalue weighted by atomic mass is 16.6. The fourth-order valence-corrected chi connectivity index (χ4v) is 1.41. The predicted octanol–water partition coefficient (Wildman–Crippen LogP) is 1.71. The molecular weight excluding hydrogens is 208 g/mol. The fraction of sp³-hybridized carbons (Fsp3) is 0.182. The van der Waals surface area contributed by atoms with Crippen molar-refractivity contribution in [1.82, 2.24) is 0 Å². The summed E-state index contributed by atoms with van der Waals surface area (Å²) in [6.45, 7) is 3.49. The van der Waals surface area contributed by atoms with Gasteiger partial charge < -0.3 is 5.73 Å². The van der Waals surface area contributed by atoms with E-state index in [0.717, 1.165) is 5.56 Å². The molecule has 1 aromatic carbocycles. The third-order valence-electron chi connectivity index (χ3n) is 2.21. The molecule has 1 aromatic rings. The number of nitro groups is 1. The van der Waals surface area contributed by atoms with E-state index in [1.807, 2.05) is 6.92 Å². The van der Waals surface area contributed by atoms with Crippen LogP contribution in [0.1, 0.15) is 16.7 Å². The van der Waals surface area contributed by atoms with Gasteiger partial charge in [0.15, 0.2) is 0 Å². The number of primary amides is 1. The quantitative estimate of drug-likeness (QED) is 0.478. The summed E-state index contributed by atoms with van der Waals surface area (Å²) >= 11 is 0. The van der Waals surface area contributed by atoms with Crippen LogP contribution in [-0.2, 0) is 4.79 Å². The second-order valence-electron chi connectivity index (χ2n) is 3.49. The molecule has 1 amide bonds. The Morgan fingerprint density at radius 1 is 1.38 bits per heavy atom. The van der Waals surface area contributed by atoms with E-state index in [1.165, 1.54) is 18.2 Å². The molecule has 0 saturated heterocycles. The first-order valence-electron chi connectivity index (χ1n) is 4.65. The number of aryl methyl sites for hydroxylation is 2. The average molecular weight is 220 g/mol. The van der Waals surface area contributed by atoms with Crippen molar-refractivity contribution in [3.8, 4) is 0 Å². The van der Waals surface area contributed by atoms with Crippen LogP contribution in [0.15, 0.2) is 18.2 Å². The molecule has 0 radical (unpaired) electrons. The maximum Gasteiger partial charge on any atom is 0.272 e. The van der Waals surface area contributed by atoms with Crippen LogP contribution >= 0.6 is 0 Å². The van der Waals surface area contributed by atoms with Crippen LogP contribution in [0.25, 0.3) is 6.08 Å². The molecule has 0 fully saturated rings. The number of nitrogens with two attached hydrogens (primary N) is 1. The molecular formula is C11H12N2O3. The molecule has 0 atom stereocenters. The van der Waals surface area contributed by atoms with E-state index in [-0.39, 0.29) is 5.69 Å². The van der Waals surface area contributed by atoms with E-state index in [2.05, 4.69) is 0 Å². The maximum absolute atomic E-state index is 10.7. The summed E-state index contributed by atoms with van der Waals surface area (Å²) in [7, 11) is 0. The molecule has 0 aromatic heterocycles. The number of carbonyl (C=O) groups excluding carboxylic acids is 1. The van der Waals surface area contributed by atoms with Crippen LogP contribution in [0.3, 0.4) is 0 Å². The lowest BCUT2D eigenvalue weighted by atomic mass is 10.0. The second-order valence-corrected chi connectivity index (χ2v) is 3.49. The molecule has 0 unspecified atom stereocenters. The van der Waals surface area contributed by atoms with E-state index in [4.69, 9.17) is 5.73 Å². The van der Waals surface area contributed by atoms with Gasteiger partial charge in [-0.25, -0.2) is 0 Å². The Labute approximate surface area is 92.7 Å². The summed E-state index contributed by atoms with van der Waals surface area (Å²) < 4.78 is 0. The van der Waals surface area contributed by atoms with E-state index < -0.39 is 10.8 Å². The highest BCUT2D eigenvalue weighted by Crippen LogP contribution is 2.23. The van der Waals surface area contributed by atoms with Gasteiger partial charge in [0, 0.05) is 17.7 Å². The van der Waals surface area contributed by atoms with Crippen LogP contribution in [0, 0.1) is 24.0 Å². The molecule has 0 spiro atoms. The van der Waals surface area contributed by atoms with Crippen molar-refractivity contribution in [2.45, 2.75) is 13.8 Å². The Balaban J connectivity index is 3.25. The van der Waals surface area contributed by atoms with Gasteiger partial charge in [0.25, 0.3) is 5.69 Å². The van der Waals surface area contributed by atoms with Gasteiger partial charge in [0.2, 0.25) is 5.91 Å². The maximum atomic E-state index is 10.7. The zero-order chi connectivity index (χ0) is 12.3. The van der Waals surface area contributed by atoms with Crippen LogP contribution < -0.4 is 5.73 Å². The molecule has 0 bridgehead atoms. The molecule has 0 aliphatic rings. The molecule has 0 saturated carbocycles. The van der Waals surface area contributed by atoms with Crippen molar-refractivity contribution in [2.75, 3.05) is 0 Å².